The number of carboxylic acid groups (broad SMARTS) is 1. The fourth-order valence-corrected chi connectivity index (χ4v) is 3.89. The number of nitrogens with zero attached hydrogens (tertiary/aromatic N) is 3. The summed E-state index contributed by atoms with van der Waals surface area (Å²) in [6, 6.07) is 9.74. The number of nitrogens with one attached hydrogen (secondary N) is 2. The molecule has 10 nitrogen and oxygen atoms in total. The molecule has 0 fully saturated rings. The molecule has 10 heteroatoms. The van der Waals surface area contributed by atoms with E-state index >= 15 is 0 Å². The number of carbonyl (C=O) groups is 1. The van der Waals surface area contributed by atoms with Gasteiger partial charge in [0.1, 0.15) is 17.9 Å². The molecule has 33 heavy (non-hydrogen) atoms. The number of rotatable bonds is 13. The molecule has 0 radical (unpaired) electrons. The zero-order valence-corrected chi connectivity index (χ0v) is 18.1. The van der Waals surface area contributed by atoms with Gasteiger partial charge in [0, 0.05) is 31.8 Å². The van der Waals surface area contributed by atoms with E-state index < -0.39 is 11.9 Å². The van der Waals surface area contributed by atoms with E-state index in [9.17, 15) is 9.90 Å². The molecule has 1 aliphatic heterocycles. The predicted molar refractivity (Wildman–Crippen MR) is 118 cm³/mol. The van der Waals surface area contributed by atoms with Gasteiger partial charge in [-0.3, -0.25) is 4.79 Å². The Morgan fingerprint density at radius 3 is 2.85 bits per heavy atom. The largest absolute Gasteiger partial charge is 0.481 e. The molecule has 3 N–H and O–H groups in total. The van der Waals surface area contributed by atoms with Gasteiger partial charge >= 0.3 is 5.97 Å². The number of imidazole rings is 1. The lowest BCUT2D eigenvalue weighted by Crippen LogP contribution is -2.22. The Morgan fingerprint density at radius 1 is 1.24 bits per heavy atom. The second-order valence-electron chi connectivity index (χ2n) is 7.84. The van der Waals surface area contributed by atoms with E-state index in [1.807, 2.05) is 30.3 Å². The van der Waals surface area contributed by atoms with E-state index in [0.29, 0.717) is 30.3 Å². The van der Waals surface area contributed by atoms with Crippen molar-refractivity contribution in [1.29, 1.82) is 0 Å². The van der Waals surface area contributed by atoms with Crippen molar-refractivity contribution in [1.82, 2.24) is 20.1 Å². The first-order valence-corrected chi connectivity index (χ1v) is 10.9. The lowest BCUT2D eigenvalue weighted by Gasteiger charge is -2.23. The van der Waals surface area contributed by atoms with Crippen LogP contribution in [0.15, 0.2) is 59.3 Å². The number of aliphatic carboxylic acids is 1. The van der Waals surface area contributed by atoms with Crippen molar-refractivity contribution in [2.45, 2.75) is 38.0 Å². The molecule has 3 aromatic rings. The van der Waals surface area contributed by atoms with Gasteiger partial charge < -0.3 is 29.4 Å². The Balaban J connectivity index is 1.43. The minimum atomic E-state index is -0.899. The van der Waals surface area contributed by atoms with Crippen molar-refractivity contribution in [2.24, 2.45) is 5.92 Å². The molecule has 0 saturated carbocycles. The Kier molecular flexibility index (Phi) is 7.57. The highest BCUT2D eigenvalue weighted by Gasteiger charge is 2.36. The number of aromatic nitrogens is 4. The molecule has 0 saturated heterocycles. The maximum Gasteiger partial charge on any atom is 0.303 e. The van der Waals surface area contributed by atoms with Gasteiger partial charge in [0.25, 0.3) is 0 Å². The molecular formula is C23H27N5O5. The van der Waals surface area contributed by atoms with Crippen LogP contribution in [0, 0.1) is 5.92 Å². The van der Waals surface area contributed by atoms with Gasteiger partial charge in [-0.15, -0.1) is 0 Å². The fraction of sp³-hybridized carbons (Fsp3) is 0.391. The highest BCUT2D eigenvalue weighted by Crippen LogP contribution is 2.37. The van der Waals surface area contributed by atoms with Gasteiger partial charge in [-0.1, -0.05) is 35.5 Å². The van der Waals surface area contributed by atoms with E-state index in [0.717, 1.165) is 30.9 Å². The molecule has 0 bridgehead atoms. The molecule has 0 amide bonds. The van der Waals surface area contributed by atoms with Crippen molar-refractivity contribution >= 4 is 11.9 Å². The summed E-state index contributed by atoms with van der Waals surface area (Å²) in [6.07, 6.45) is 7.84. The molecule has 2 aromatic heterocycles. The highest BCUT2D eigenvalue weighted by molar-refractivity contribution is 5.67. The number of carboxylic acids is 1. The van der Waals surface area contributed by atoms with Gasteiger partial charge in [-0.2, -0.15) is 4.98 Å². The highest BCUT2D eigenvalue weighted by atomic mass is 16.7. The zero-order chi connectivity index (χ0) is 22.9. The maximum atomic E-state index is 11.7. The third kappa shape index (κ3) is 6.34. The Morgan fingerprint density at radius 2 is 2.12 bits per heavy atom. The summed E-state index contributed by atoms with van der Waals surface area (Å²) in [5, 5.41) is 16.9. The number of benzene rings is 1. The van der Waals surface area contributed by atoms with Crippen LogP contribution in [0.1, 0.15) is 42.5 Å². The topological polar surface area (TPSA) is 135 Å². The van der Waals surface area contributed by atoms with Crippen LogP contribution in [0.25, 0.3) is 0 Å². The Labute approximate surface area is 191 Å². The van der Waals surface area contributed by atoms with Crippen molar-refractivity contribution in [3.63, 3.8) is 0 Å². The van der Waals surface area contributed by atoms with Gasteiger partial charge in [0.15, 0.2) is 11.8 Å². The second kappa shape index (κ2) is 11.2. The molecule has 3 heterocycles. The number of hydrogen-bond donors (Lipinski definition) is 3. The predicted octanol–water partition coefficient (Wildman–Crippen LogP) is 3.49. The summed E-state index contributed by atoms with van der Waals surface area (Å²) in [4.78, 5) is 23.4. The number of unbranched alkanes of at least 4 members (excludes halogenated alkanes) is 1. The van der Waals surface area contributed by atoms with E-state index in [4.69, 9.17) is 14.0 Å². The fourth-order valence-electron chi connectivity index (χ4n) is 3.89. The number of H-pyrrole nitrogens is 1. The molecule has 2 atom stereocenters. The minimum absolute atomic E-state index is 0.0730. The Bertz CT molecular complexity index is 1030. The van der Waals surface area contributed by atoms with Crippen LogP contribution in [-0.4, -0.2) is 44.5 Å². The first-order chi connectivity index (χ1) is 16.2. The summed E-state index contributed by atoms with van der Waals surface area (Å²) < 4.78 is 16.5. The molecule has 4 rings (SSSR count). The van der Waals surface area contributed by atoms with Crippen LogP contribution in [0.4, 0.5) is 5.95 Å². The van der Waals surface area contributed by atoms with Gasteiger partial charge in [-0.25, -0.2) is 4.98 Å². The number of ether oxygens (including phenoxy) is 2. The first kappa shape index (κ1) is 22.4. The first-order valence-electron chi connectivity index (χ1n) is 10.9. The van der Waals surface area contributed by atoms with Crippen LogP contribution >= 0.6 is 0 Å². The molecule has 1 aliphatic rings. The van der Waals surface area contributed by atoms with E-state index in [1.165, 1.54) is 6.26 Å². The molecule has 1 aromatic carbocycles. The van der Waals surface area contributed by atoms with Crippen molar-refractivity contribution in [2.75, 3.05) is 18.7 Å². The SMILES string of the molecule is O=C(O)CC(Cc1ccccc1)C(C1=COCO1)c1nc(CCCCNc2ncc[nH]2)no1. The monoisotopic (exact) mass is 453 g/mol. The second-order valence-corrected chi connectivity index (χ2v) is 7.84. The molecule has 174 valence electrons. The van der Waals surface area contributed by atoms with Gasteiger partial charge in [0.2, 0.25) is 12.7 Å². The summed E-state index contributed by atoms with van der Waals surface area (Å²) in [5.41, 5.74) is 1.03. The minimum Gasteiger partial charge on any atom is -0.481 e. The number of allylic oxidation sites excluding steroid dienone is 1. The van der Waals surface area contributed by atoms with E-state index in [2.05, 4.69) is 25.4 Å². The van der Waals surface area contributed by atoms with Crippen molar-refractivity contribution in [3.8, 4) is 0 Å². The zero-order valence-electron chi connectivity index (χ0n) is 18.1. The van der Waals surface area contributed by atoms with E-state index in [1.54, 1.807) is 12.4 Å². The number of aryl methyl sites for hydroxylation is 1. The van der Waals surface area contributed by atoms with Crippen LogP contribution < -0.4 is 5.32 Å². The maximum absolute atomic E-state index is 11.7. The molecular weight excluding hydrogens is 426 g/mol. The van der Waals surface area contributed by atoms with Crippen LogP contribution in [0.2, 0.25) is 0 Å². The molecule has 0 spiro atoms. The number of hydrogen-bond acceptors (Lipinski definition) is 8. The van der Waals surface area contributed by atoms with E-state index in [-0.39, 0.29) is 19.1 Å². The number of anilines is 1. The molecule has 2 unspecified atom stereocenters. The van der Waals surface area contributed by atoms with Crippen molar-refractivity contribution < 1.29 is 23.9 Å². The summed E-state index contributed by atoms with van der Waals surface area (Å²) in [7, 11) is 0. The van der Waals surface area contributed by atoms with Crippen LogP contribution in [0.3, 0.4) is 0 Å². The van der Waals surface area contributed by atoms with Gasteiger partial charge in [-0.05, 0) is 30.7 Å². The quantitative estimate of drug-likeness (QED) is 0.332. The van der Waals surface area contributed by atoms with Crippen LogP contribution in [-0.2, 0) is 27.1 Å². The average Bonchev–Trinajstić information content (AvgIpc) is 3.58. The van der Waals surface area contributed by atoms with Crippen molar-refractivity contribution in [3.05, 3.63) is 72.0 Å². The number of aromatic amines is 1. The third-order valence-electron chi connectivity index (χ3n) is 5.42. The normalized spacial score (nSPS) is 14.7. The smallest absolute Gasteiger partial charge is 0.303 e. The standard InChI is InChI=1S/C23H27N5O5/c29-20(30)13-17(12-16-6-2-1-3-7-16)21(18-14-31-15-32-18)22-27-19(28-33-22)8-4-5-9-24-23-25-10-11-26-23/h1-3,6-7,10-11,14,17,21H,4-5,8-9,12-13,15H2,(H,29,30)(H2,24,25,26). The van der Waals surface area contributed by atoms with Crippen LogP contribution in [0.5, 0.6) is 0 Å². The lowest BCUT2D eigenvalue weighted by atomic mass is 9.83. The third-order valence-corrected chi connectivity index (χ3v) is 5.42. The summed E-state index contributed by atoms with van der Waals surface area (Å²) in [6.45, 7) is 0.858. The average molecular weight is 453 g/mol. The van der Waals surface area contributed by atoms with Gasteiger partial charge in [0.05, 0.1) is 0 Å². The Hall–Kier alpha value is -3.82. The summed E-state index contributed by atoms with van der Waals surface area (Å²) >= 11 is 0. The molecule has 0 aliphatic carbocycles. The summed E-state index contributed by atoms with van der Waals surface area (Å²) in [5.74, 6) is 0.433. The lowest BCUT2D eigenvalue weighted by molar-refractivity contribution is -0.138.